The molecule has 0 spiro atoms. The molecule has 0 fully saturated rings. The van der Waals surface area contributed by atoms with E-state index in [9.17, 15) is 9.90 Å². The second kappa shape index (κ2) is 7.15. The number of rotatable bonds is 4. The predicted octanol–water partition coefficient (Wildman–Crippen LogP) is 3.36. The van der Waals surface area contributed by atoms with Crippen molar-refractivity contribution >= 4 is 17.0 Å². The molecule has 0 aliphatic rings. The van der Waals surface area contributed by atoms with Crippen LogP contribution in [0.3, 0.4) is 0 Å². The lowest BCUT2D eigenvalue weighted by atomic mass is 10.1. The summed E-state index contributed by atoms with van der Waals surface area (Å²) in [5.41, 5.74) is 2.89. The molecule has 6 heteroatoms. The van der Waals surface area contributed by atoms with Crippen molar-refractivity contribution in [3.63, 3.8) is 0 Å². The third-order valence-electron chi connectivity index (χ3n) is 4.79. The molecule has 140 valence electrons. The molecule has 0 unspecified atom stereocenters. The smallest absolute Gasteiger partial charge is 0.265 e. The maximum atomic E-state index is 13.0. The average Bonchev–Trinajstić information content (AvgIpc) is 3.11. The number of pyridine rings is 1. The van der Waals surface area contributed by atoms with Crippen LogP contribution < -0.4 is 5.56 Å². The van der Waals surface area contributed by atoms with E-state index in [2.05, 4.69) is 9.98 Å². The number of aryl methyl sites for hydroxylation is 2. The number of hydrogen-bond acceptors (Lipinski definition) is 4. The Kier molecular flexibility index (Phi) is 4.53. The minimum atomic E-state index is -0.263. The first kappa shape index (κ1) is 17.7. The topological polar surface area (TPSA) is 72.4 Å². The van der Waals surface area contributed by atoms with Crippen molar-refractivity contribution < 1.29 is 5.11 Å². The Balaban J connectivity index is 1.88. The van der Waals surface area contributed by atoms with E-state index in [1.807, 2.05) is 61.0 Å². The number of aromatic nitrogens is 3. The van der Waals surface area contributed by atoms with Gasteiger partial charge in [-0.2, -0.15) is 0 Å². The zero-order valence-corrected chi connectivity index (χ0v) is 15.7. The van der Waals surface area contributed by atoms with Crippen LogP contribution in [0.2, 0.25) is 0 Å². The summed E-state index contributed by atoms with van der Waals surface area (Å²) in [4.78, 5) is 21.6. The van der Waals surface area contributed by atoms with Crippen LogP contribution in [0.5, 0.6) is 5.88 Å². The van der Waals surface area contributed by atoms with Gasteiger partial charge in [0.2, 0.25) is 5.88 Å². The Labute approximate surface area is 162 Å². The highest BCUT2D eigenvalue weighted by Gasteiger charge is 2.16. The van der Waals surface area contributed by atoms with Gasteiger partial charge < -0.3 is 9.67 Å². The van der Waals surface area contributed by atoms with Crippen molar-refractivity contribution in [2.24, 2.45) is 12.0 Å². The summed E-state index contributed by atoms with van der Waals surface area (Å²) in [5.74, 6) is -0.124. The van der Waals surface area contributed by atoms with Gasteiger partial charge in [-0.15, -0.1) is 0 Å². The number of nitrogens with zero attached hydrogens (tertiary/aromatic N) is 4. The molecule has 0 saturated carbocycles. The first-order chi connectivity index (χ1) is 13.6. The van der Waals surface area contributed by atoms with Crippen LogP contribution >= 0.6 is 0 Å². The van der Waals surface area contributed by atoms with Gasteiger partial charge in [-0.1, -0.05) is 35.9 Å². The zero-order valence-electron chi connectivity index (χ0n) is 15.7. The van der Waals surface area contributed by atoms with E-state index in [1.54, 1.807) is 24.8 Å². The van der Waals surface area contributed by atoms with Gasteiger partial charge in [0.15, 0.2) is 0 Å². The molecule has 2 aromatic heterocycles. The van der Waals surface area contributed by atoms with Crippen LogP contribution in [0.25, 0.3) is 16.5 Å². The van der Waals surface area contributed by atoms with E-state index < -0.39 is 0 Å². The highest BCUT2D eigenvalue weighted by molar-refractivity contribution is 6.01. The van der Waals surface area contributed by atoms with Gasteiger partial charge in [-0.05, 0) is 25.1 Å². The number of imidazole rings is 1. The number of aromatic hydroxyl groups is 1. The summed E-state index contributed by atoms with van der Waals surface area (Å²) >= 11 is 0. The Bertz CT molecular complexity index is 1230. The molecule has 4 aromatic rings. The van der Waals surface area contributed by atoms with Crippen LogP contribution in [0.15, 0.2) is 70.8 Å². The standard InChI is InChI=1S/C22H20N4O2/c1-15-7-9-16(10-8-15)26-21(27)19-6-4-3-5-18(19)20(22(26)28)13-23-11-17-12-24-14-25(17)2/h3-10,12-14,28H,11H2,1-2H3. The van der Waals surface area contributed by atoms with Crippen molar-refractivity contribution in [1.82, 2.24) is 14.1 Å². The lowest BCUT2D eigenvalue weighted by molar-refractivity contribution is 0.436. The number of hydrogen-bond donors (Lipinski definition) is 1. The van der Waals surface area contributed by atoms with Crippen molar-refractivity contribution in [2.75, 3.05) is 0 Å². The molecule has 6 nitrogen and oxygen atoms in total. The molecular weight excluding hydrogens is 352 g/mol. The highest BCUT2D eigenvalue weighted by atomic mass is 16.3. The monoisotopic (exact) mass is 372 g/mol. The van der Waals surface area contributed by atoms with Gasteiger partial charge in [0.1, 0.15) is 0 Å². The van der Waals surface area contributed by atoms with E-state index in [1.165, 1.54) is 4.57 Å². The molecule has 2 aromatic carbocycles. The molecule has 0 radical (unpaired) electrons. The third-order valence-corrected chi connectivity index (χ3v) is 4.79. The van der Waals surface area contributed by atoms with E-state index in [0.717, 1.165) is 11.3 Å². The minimum Gasteiger partial charge on any atom is -0.494 e. The number of benzene rings is 2. The van der Waals surface area contributed by atoms with Crippen LogP contribution in [0.1, 0.15) is 16.8 Å². The maximum Gasteiger partial charge on any atom is 0.265 e. The molecule has 1 N–H and O–H groups in total. The van der Waals surface area contributed by atoms with Crippen LogP contribution in [0, 0.1) is 6.92 Å². The van der Waals surface area contributed by atoms with E-state index in [0.29, 0.717) is 28.6 Å². The fraction of sp³-hybridized carbons (Fsp3) is 0.136. The Morgan fingerprint density at radius 1 is 1.11 bits per heavy atom. The average molecular weight is 372 g/mol. The number of aliphatic imine (C=N–C) groups is 1. The normalized spacial score (nSPS) is 11.5. The second-order valence-electron chi connectivity index (χ2n) is 6.72. The van der Waals surface area contributed by atoms with Gasteiger partial charge in [0.05, 0.1) is 36.0 Å². The highest BCUT2D eigenvalue weighted by Crippen LogP contribution is 2.26. The summed E-state index contributed by atoms with van der Waals surface area (Å²) in [6.45, 7) is 2.40. The van der Waals surface area contributed by atoms with Crippen molar-refractivity contribution in [3.05, 3.63) is 88.2 Å². The summed E-state index contributed by atoms with van der Waals surface area (Å²) in [6, 6.07) is 14.7. The molecule has 0 aliphatic heterocycles. The maximum absolute atomic E-state index is 13.0. The molecule has 0 saturated heterocycles. The van der Waals surface area contributed by atoms with E-state index >= 15 is 0 Å². The lowest BCUT2D eigenvalue weighted by Crippen LogP contribution is -2.20. The lowest BCUT2D eigenvalue weighted by Gasteiger charge is -2.14. The molecule has 0 atom stereocenters. The van der Waals surface area contributed by atoms with Crippen LogP contribution in [-0.2, 0) is 13.6 Å². The number of fused-ring (bicyclic) bond motifs is 1. The summed E-state index contributed by atoms with van der Waals surface area (Å²) < 4.78 is 3.22. The zero-order chi connectivity index (χ0) is 19.7. The fourth-order valence-electron chi connectivity index (χ4n) is 3.19. The fourth-order valence-corrected chi connectivity index (χ4v) is 3.19. The van der Waals surface area contributed by atoms with Crippen LogP contribution in [-0.4, -0.2) is 25.4 Å². The van der Waals surface area contributed by atoms with Crippen LogP contribution in [0.4, 0.5) is 0 Å². The van der Waals surface area contributed by atoms with Gasteiger partial charge in [0, 0.05) is 24.0 Å². The van der Waals surface area contributed by atoms with Crippen molar-refractivity contribution in [1.29, 1.82) is 0 Å². The van der Waals surface area contributed by atoms with Gasteiger partial charge in [-0.3, -0.25) is 9.79 Å². The van der Waals surface area contributed by atoms with Crippen molar-refractivity contribution in [2.45, 2.75) is 13.5 Å². The summed E-state index contributed by atoms with van der Waals surface area (Å²) in [7, 11) is 1.91. The molecule has 0 amide bonds. The van der Waals surface area contributed by atoms with E-state index in [-0.39, 0.29) is 11.4 Å². The second-order valence-corrected chi connectivity index (χ2v) is 6.72. The van der Waals surface area contributed by atoms with Crippen molar-refractivity contribution in [3.8, 4) is 11.6 Å². The quantitative estimate of drug-likeness (QED) is 0.558. The molecule has 4 rings (SSSR count). The van der Waals surface area contributed by atoms with E-state index in [4.69, 9.17) is 0 Å². The van der Waals surface area contributed by atoms with Gasteiger partial charge >= 0.3 is 0 Å². The molecular formula is C22H20N4O2. The Morgan fingerprint density at radius 2 is 1.82 bits per heavy atom. The minimum absolute atomic E-state index is 0.124. The molecule has 0 bridgehead atoms. The van der Waals surface area contributed by atoms with Gasteiger partial charge in [-0.25, -0.2) is 9.55 Å². The predicted molar refractivity (Wildman–Crippen MR) is 110 cm³/mol. The Morgan fingerprint density at radius 3 is 2.50 bits per heavy atom. The Hall–Kier alpha value is -3.67. The summed E-state index contributed by atoms with van der Waals surface area (Å²) in [5, 5.41) is 12.2. The first-order valence-corrected chi connectivity index (χ1v) is 8.95. The molecule has 0 aliphatic carbocycles. The third kappa shape index (κ3) is 3.09. The first-order valence-electron chi connectivity index (χ1n) is 8.95. The SMILES string of the molecule is Cc1ccc(-n2c(O)c(C=NCc3cncn3C)c3ccccc3c2=O)cc1. The molecule has 28 heavy (non-hydrogen) atoms. The summed E-state index contributed by atoms with van der Waals surface area (Å²) in [6.07, 6.45) is 5.09. The largest absolute Gasteiger partial charge is 0.494 e. The van der Waals surface area contributed by atoms with Gasteiger partial charge in [0.25, 0.3) is 5.56 Å². The molecule has 2 heterocycles.